The highest BCUT2D eigenvalue weighted by Gasteiger charge is 2.29. The van der Waals surface area contributed by atoms with Gasteiger partial charge in [0.2, 0.25) is 5.91 Å². The van der Waals surface area contributed by atoms with Crippen LogP contribution in [0.15, 0.2) is 0 Å². The van der Waals surface area contributed by atoms with Crippen molar-refractivity contribution in [3.8, 4) is 0 Å². The van der Waals surface area contributed by atoms with E-state index in [0.29, 0.717) is 32.7 Å². The fraction of sp³-hybridized carbons (Fsp3) is 0.833. The zero-order chi connectivity index (χ0) is 13.9. The Morgan fingerprint density at radius 1 is 1.22 bits per heavy atom. The molecule has 1 atom stereocenters. The molecule has 0 aromatic rings. The monoisotopic (exact) mass is 258 g/mol. The highest BCUT2D eigenvalue weighted by atomic mass is 16.4. The summed E-state index contributed by atoms with van der Waals surface area (Å²) in [7, 11) is 0. The van der Waals surface area contributed by atoms with E-state index < -0.39 is 17.5 Å². The Morgan fingerprint density at radius 3 is 2.11 bits per heavy atom. The van der Waals surface area contributed by atoms with Crippen molar-refractivity contribution in [3.05, 3.63) is 0 Å². The minimum Gasteiger partial charge on any atom is -0.481 e. The van der Waals surface area contributed by atoms with Crippen LogP contribution in [-0.2, 0) is 9.59 Å². The largest absolute Gasteiger partial charge is 0.481 e. The first-order chi connectivity index (χ1) is 8.20. The van der Waals surface area contributed by atoms with E-state index in [9.17, 15) is 14.7 Å². The maximum Gasteiger partial charge on any atom is 0.315 e. The number of aliphatic hydroxyl groups is 1. The number of carboxylic acids is 1. The maximum absolute atomic E-state index is 11.8. The first-order valence-corrected chi connectivity index (χ1v) is 6.17. The van der Waals surface area contributed by atoms with Gasteiger partial charge in [-0.3, -0.25) is 14.5 Å². The average molecular weight is 258 g/mol. The Balaban J connectivity index is 2.44. The number of carbonyl (C=O) groups excluding carboxylic acids is 1. The second kappa shape index (κ2) is 5.67. The van der Waals surface area contributed by atoms with E-state index in [-0.39, 0.29) is 5.91 Å². The molecule has 1 amide bonds. The van der Waals surface area contributed by atoms with Gasteiger partial charge in [0, 0.05) is 32.7 Å². The van der Waals surface area contributed by atoms with Crippen LogP contribution in [0.3, 0.4) is 0 Å². The molecule has 1 rings (SSSR count). The molecular weight excluding hydrogens is 236 g/mol. The molecule has 6 nitrogen and oxygen atoms in total. The van der Waals surface area contributed by atoms with E-state index in [1.54, 1.807) is 18.7 Å². The van der Waals surface area contributed by atoms with Crippen LogP contribution in [0.1, 0.15) is 20.8 Å². The van der Waals surface area contributed by atoms with Crippen LogP contribution in [0.4, 0.5) is 0 Å². The predicted octanol–water partition coefficient (Wildman–Crippen LogP) is -0.378. The Kier molecular flexibility index (Phi) is 4.70. The SMILES string of the molecule is CC(C(=O)O)C(=O)N1CCN(CC(C)(C)O)CC1. The van der Waals surface area contributed by atoms with Gasteiger partial charge in [-0.05, 0) is 20.8 Å². The predicted molar refractivity (Wildman–Crippen MR) is 66.1 cm³/mol. The lowest BCUT2D eigenvalue weighted by Crippen LogP contribution is -2.53. The molecule has 0 spiro atoms. The minimum atomic E-state index is -1.08. The summed E-state index contributed by atoms with van der Waals surface area (Å²) in [5.74, 6) is -2.39. The molecule has 1 fully saturated rings. The second-order valence-electron chi connectivity index (χ2n) is 5.47. The number of carboxylic acid groups (broad SMARTS) is 1. The number of nitrogens with zero attached hydrogens (tertiary/aromatic N) is 2. The number of aliphatic carboxylic acids is 1. The molecule has 0 aromatic heterocycles. The first kappa shape index (κ1) is 14.9. The van der Waals surface area contributed by atoms with Crippen molar-refractivity contribution in [2.75, 3.05) is 32.7 Å². The van der Waals surface area contributed by atoms with Crippen molar-refractivity contribution >= 4 is 11.9 Å². The zero-order valence-corrected chi connectivity index (χ0v) is 11.2. The molecule has 0 aliphatic carbocycles. The van der Waals surface area contributed by atoms with E-state index in [4.69, 9.17) is 5.11 Å². The number of hydrogen-bond donors (Lipinski definition) is 2. The van der Waals surface area contributed by atoms with Gasteiger partial charge < -0.3 is 15.1 Å². The summed E-state index contributed by atoms with van der Waals surface area (Å²) in [5.41, 5.74) is -0.749. The van der Waals surface area contributed by atoms with Crippen LogP contribution < -0.4 is 0 Å². The van der Waals surface area contributed by atoms with E-state index in [2.05, 4.69) is 4.90 Å². The molecule has 0 bridgehead atoms. The highest BCUT2D eigenvalue weighted by Crippen LogP contribution is 2.11. The number of amides is 1. The minimum absolute atomic E-state index is 0.328. The summed E-state index contributed by atoms with van der Waals surface area (Å²) in [6, 6.07) is 0. The molecule has 1 saturated heterocycles. The van der Waals surface area contributed by atoms with Gasteiger partial charge in [-0.25, -0.2) is 0 Å². The van der Waals surface area contributed by atoms with Crippen molar-refractivity contribution < 1.29 is 19.8 Å². The van der Waals surface area contributed by atoms with E-state index in [1.807, 2.05) is 0 Å². The van der Waals surface area contributed by atoms with Crippen molar-refractivity contribution in [1.29, 1.82) is 0 Å². The summed E-state index contributed by atoms with van der Waals surface area (Å²) in [5, 5.41) is 18.5. The van der Waals surface area contributed by atoms with E-state index in [0.717, 1.165) is 0 Å². The van der Waals surface area contributed by atoms with Gasteiger partial charge in [0.1, 0.15) is 5.92 Å². The Labute approximate surface area is 107 Å². The fourth-order valence-corrected chi connectivity index (χ4v) is 2.05. The third-order valence-corrected chi connectivity index (χ3v) is 3.04. The van der Waals surface area contributed by atoms with E-state index >= 15 is 0 Å². The molecule has 1 heterocycles. The Morgan fingerprint density at radius 2 is 1.72 bits per heavy atom. The van der Waals surface area contributed by atoms with Crippen molar-refractivity contribution in [1.82, 2.24) is 9.80 Å². The molecule has 0 saturated carbocycles. The third kappa shape index (κ3) is 4.27. The van der Waals surface area contributed by atoms with Crippen LogP contribution in [0.25, 0.3) is 0 Å². The molecule has 0 radical (unpaired) electrons. The van der Waals surface area contributed by atoms with Gasteiger partial charge in [-0.1, -0.05) is 0 Å². The summed E-state index contributed by atoms with van der Waals surface area (Å²) >= 11 is 0. The van der Waals surface area contributed by atoms with Crippen molar-refractivity contribution in [2.45, 2.75) is 26.4 Å². The lowest BCUT2D eigenvalue weighted by Gasteiger charge is -2.37. The molecule has 104 valence electrons. The number of β-amino-alcohol motifs (C(OH)–C–C–N with tert-alkyl or cyclic N) is 1. The normalized spacial score (nSPS) is 19.7. The number of rotatable bonds is 4. The van der Waals surface area contributed by atoms with Gasteiger partial charge in [0.25, 0.3) is 0 Å². The molecular formula is C12H22N2O4. The zero-order valence-electron chi connectivity index (χ0n) is 11.2. The molecule has 0 aromatic carbocycles. The molecule has 1 aliphatic heterocycles. The van der Waals surface area contributed by atoms with Gasteiger partial charge >= 0.3 is 5.97 Å². The standard InChI is InChI=1S/C12H22N2O4/c1-9(11(16)17)10(15)14-6-4-13(5-7-14)8-12(2,3)18/h9,18H,4-8H2,1-3H3,(H,16,17). The van der Waals surface area contributed by atoms with Crippen LogP contribution in [0.2, 0.25) is 0 Å². The lowest BCUT2D eigenvalue weighted by atomic mass is 10.1. The Bertz CT molecular complexity index is 317. The quantitative estimate of drug-likeness (QED) is 0.672. The highest BCUT2D eigenvalue weighted by molar-refractivity contribution is 5.96. The smallest absolute Gasteiger partial charge is 0.315 e. The Hall–Kier alpha value is -1.14. The maximum atomic E-state index is 11.8. The number of hydrogen-bond acceptors (Lipinski definition) is 4. The summed E-state index contributed by atoms with van der Waals surface area (Å²) in [6.45, 7) is 7.84. The van der Waals surface area contributed by atoms with E-state index in [1.165, 1.54) is 6.92 Å². The van der Waals surface area contributed by atoms with Crippen molar-refractivity contribution in [3.63, 3.8) is 0 Å². The second-order valence-corrected chi connectivity index (χ2v) is 5.47. The molecule has 2 N–H and O–H groups in total. The fourth-order valence-electron chi connectivity index (χ4n) is 2.05. The van der Waals surface area contributed by atoms with Gasteiger partial charge in [0.05, 0.1) is 5.60 Å². The summed E-state index contributed by atoms with van der Waals surface area (Å²) in [6.07, 6.45) is 0. The molecule has 1 unspecified atom stereocenters. The number of piperazine rings is 1. The number of carbonyl (C=O) groups is 2. The first-order valence-electron chi connectivity index (χ1n) is 6.17. The van der Waals surface area contributed by atoms with Crippen molar-refractivity contribution in [2.24, 2.45) is 5.92 Å². The molecule has 1 aliphatic rings. The molecule has 6 heteroatoms. The lowest BCUT2D eigenvalue weighted by molar-refractivity contribution is -0.151. The summed E-state index contributed by atoms with van der Waals surface area (Å²) in [4.78, 5) is 26.2. The van der Waals surface area contributed by atoms with Gasteiger partial charge in [-0.2, -0.15) is 0 Å². The topological polar surface area (TPSA) is 81.1 Å². The average Bonchev–Trinajstić information content (AvgIpc) is 2.26. The van der Waals surface area contributed by atoms with Crippen LogP contribution in [0.5, 0.6) is 0 Å². The van der Waals surface area contributed by atoms with Crippen LogP contribution in [0, 0.1) is 5.92 Å². The van der Waals surface area contributed by atoms with Gasteiger partial charge in [0.15, 0.2) is 0 Å². The van der Waals surface area contributed by atoms with Crippen LogP contribution in [-0.4, -0.2) is 70.2 Å². The van der Waals surface area contributed by atoms with Gasteiger partial charge in [-0.15, -0.1) is 0 Å². The summed E-state index contributed by atoms with van der Waals surface area (Å²) < 4.78 is 0. The third-order valence-electron chi connectivity index (χ3n) is 3.04. The van der Waals surface area contributed by atoms with Crippen LogP contribution >= 0.6 is 0 Å². The molecule has 18 heavy (non-hydrogen) atoms.